The Labute approximate surface area is 163 Å². The van der Waals surface area contributed by atoms with E-state index in [1.54, 1.807) is 12.1 Å². The fourth-order valence-electron chi connectivity index (χ4n) is 3.58. The second-order valence-corrected chi connectivity index (χ2v) is 6.99. The largest absolute Gasteiger partial charge is 0.493 e. The lowest BCUT2D eigenvalue weighted by Gasteiger charge is -2.27. The van der Waals surface area contributed by atoms with E-state index in [1.165, 1.54) is 5.56 Å². The van der Waals surface area contributed by atoms with Gasteiger partial charge < -0.3 is 16.0 Å². The zero-order valence-corrected chi connectivity index (χ0v) is 16.9. The van der Waals surface area contributed by atoms with Crippen LogP contribution in [0.25, 0.3) is 0 Å². The summed E-state index contributed by atoms with van der Waals surface area (Å²) >= 11 is 0. The first-order chi connectivity index (χ1) is 12.6. The maximum absolute atomic E-state index is 13.3. The molecule has 0 heterocycles. The van der Waals surface area contributed by atoms with Crippen LogP contribution in [0.4, 0.5) is 4.39 Å². The monoisotopic (exact) mass is 375 g/mol. The molecule has 0 radical (unpaired) electrons. The molecule has 0 spiro atoms. The molecule has 0 aliphatic rings. The molecule has 2 aromatic carbocycles. The summed E-state index contributed by atoms with van der Waals surface area (Å²) in [4.78, 5) is 0. The van der Waals surface area contributed by atoms with Crippen molar-refractivity contribution < 1.29 is 14.2 Å². The van der Waals surface area contributed by atoms with Crippen LogP contribution in [-0.2, 0) is 6.42 Å². The van der Waals surface area contributed by atoms with Crippen LogP contribution in [0.5, 0.6) is 5.75 Å². The van der Waals surface area contributed by atoms with Crippen LogP contribution in [0.1, 0.15) is 55.7 Å². The highest BCUT2D eigenvalue weighted by Crippen LogP contribution is 2.32. The molecule has 27 heavy (non-hydrogen) atoms. The Hall–Kier alpha value is -1.91. The molecule has 150 valence electrons. The first-order valence-electron chi connectivity index (χ1n) is 9.67. The minimum absolute atomic E-state index is 0. The zero-order valence-electron chi connectivity index (χ0n) is 16.9. The van der Waals surface area contributed by atoms with Gasteiger partial charge in [0, 0.05) is 6.61 Å². The Balaban J connectivity index is 0.00000364. The maximum atomic E-state index is 13.3. The molecular weight excluding hydrogens is 341 g/mol. The molecule has 0 saturated carbocycles. The predicted octanol–water partition coefficient (Wildman–Crippen LogP) is 5.82. The average Bonchev–Trinajstić information content (AvgIpc) is 2.64. The quantitative estimate of drug-likeness (QED) is 0.550. The molecule has 0 fully saturated rings. The molecular formula is C23H34FNO2. The Morgan fingerprint density at radius 1 is 1.07 bits per heavy atom. The molecule has 0 aromatic heterocycles. The lowest BCUT2D eigenvalue weighted by Crippen LogP contribution is -2.20. The summed E-state index contributed by atoms with van der Waals surface area (Å²) in [6.07, 6.45) is 3.85. The van der Waals surface area contributed by atoms with Gasteiger partial charge in [-0.2, -0.15) is 0 Å². The van der Waals surface area contributed by atoms with E-state index >= 15 is 0 Å². The summed E-state index contributed by atoms with van der Waals surface area (Å²) in [5, 5.41) is 9.10. The highest BCUT2D eigenvalue weighted by Gasteiger charge is 2.22. The standard InChI is InChI=1S/C23H31FO2.H3N/c1-4-6-23(20-7-10-21(24)11-8-20)18(5-2)16-26-22-12-9-19(13-14-25)17(3)15-22;/h7-12,15,18,23,25H,4-6,13-14,16H2,1-3H3;1H3. The number of hydrogen-bond acceptors (Lipinski definition) is 3. The van der Waals surface area contributed by atoms with Gasteiger partial charge in [-0.3, -0.25) is 0 Å². The Morgan fingerprint density at radius 3 is 2.33 bits per heavy atom. The van der Waals surface area contributed by atoms with Gasteiger partial charge in [-0.25, -0.2) is 4.39 Å². The van der Waals surface area contributed by atoms with Crippen molar-refractivity contribution in [3.63, 3.8) is 0 Å². The number of halogens is 1. The SMILES string of the molecule is CCCC(c1ccc(F)cc1)C(CC)COc1ccc(CCO)c(C)c1.N. The summed E-state index contributed by atoms with van der Waals surface area (Å²) in [6.45, 7) is 7.24. The molecule has 2 unspecified atom stereocenters. The van der Waals surface area contributed by atoms with Crippen LogP contribution >= 0.6 is 0 Å². The molecule has 0 aliphatic heterocycles. The fourth-order valence-corrected chi connectivity index (χ4v) is 3.58. The molecule has 2 aromatic rings. The van der Waals surface area contributed by atoms with E-state index in [-0.39, 0.29) is 18.6 Å². The lowest BCUT2D eigenvalue weighted by atomic mass is 9.82. The first-order valence-corrected chi connectivity index (χ1v) is 9.67. The van der Waals surface area contributed by atoms with Crippen molar-refractivity contribution in [1.82, 2.24) is 6.15 Å². The molecule has 3 nitrogen and oxygen atoms in total. The number of aryl methyl sites for hydroxylation is 1. The summed E-state index contributed by atoms with van der Waals surface area (Å²) in [5.41, 5.74) is 3.49. The summed E-state index contributed by atoms with van der Waals surface area (Å²) < 4.78 is 19.4. The second-order valence-electron chi connectivity index (χ2n) is 6.99. The molecule has 0 bridgehead atoms. The van der Waals surface area contributed by atoms with Crippen LogP contribution in [-0.4, -0.2) is 18.3 Å². The summed E-state index contributed by atoms with van der Waals surface area (Å²) in [6, 6.07) is 13.0. The van der Waals surface area contributed by atoms with E-state index in [1.807, 2.05) is 37.3 Å². The summed E-state index contributed by atoms with van der Waals surface area (Å²) in [7, 11) is 0. The second kappa shape index (κ2) is 11.7. The number of rotatable bonds is 10. The number of hydrogen-bond donors (Lipinski definition) is 2. The minimum Gasteiger partial charge on any atom is -0.493 e. The van der Waals surface area contributed by atoms with Gasteiger partial charge in [-0.1, -0.05) is 38.5 Å². The van der Waals surface area contributed by atoms with Crippen molar-refractivity contribution in [3.8, 4) is 5.75 Å². The Morgan fingerprint density at radius 2 is 1.78 bits per heavy atom. The average molecular weight is 376 g/mol. The van der Waals surface area contributed by atoms with Gasteiger partial charge >= 0.3 is 0 Å². The van der Waals surface area contributed by atoms with Crippen LogP contribution in [0.15, 0.2) is 42.5 Å². The Kier molecular flexibility index (Phi) is 10.0. The number of benzene rings is 2. The molecule has 4 heteroatoms. The number of ether oxygens (including phenoxy) is 1. The van der Waals surface area contributed by atoms with Crippen molar-refractivity contribution in [3.05, 3.63) is 65.0 Å². The molecule has 2 atom stereocenters. The van der Waals surface area contributed by atoms with Gasteiger partial charge in [-0.05, 0) is 79.0 Å². The van der Waals surface area contributed by atoms with Crippen molar-refractivity contribution >= 4 is 0 Å². The van der Waals surface area contributed by atoms with Crippen molar-refractivity contribution in [2.75, 3.05) is 13.2 Å². The zero-order chi connectivity index (χ0) is 18.9. The predicted molar refractivity (Wildman–Crippen MR) is 110 cm³/mol. The molecule has 0 saturated heterocycles. The highest BCUT2D eigenvalue weighted by molar-refractivity contribution is 5.35. The fraction of sp³-hybridized carbons (Fsp3) is 0.478. The van der Waals surface area contributed by atoms with E-state index < -0.39 is 0 Å². The third-order valence-electron chi connectivity index (χ3n) is 5.15. The van der Waals surface area contributed by atoms with Crippen molar-refractivity contribution in [1.29, 1.82) is 0 Å². The van der Waals surface area contributed by atoms with Crippen LogP contribution in [0, 0.1) is 18.7 Å². The maximum Gasteiger partial charge on any atom is 0.123 e. The molecule has 0 amide bonds. The number of aliphatic hydroxyl groups is 1. The van der Waals surface area contributed by atoms with Gasteiger partial charge in [0.1, 0.15) is 11.6 Å². The molecule has 4 N–H and O–H groups in total. The normalized spacial score (nSPS) is 12.9. The van der Waals surface area contributed by atoms with Crippen LogP contribution in [0.2, 0.25) is 0 Å². The van der Waals surface area contributed by atoms with Gasteiger partial charge in [0.2, 0.25) is 0 Å². The van der Waals surface area contributed by atoms with Gasteiger partial charge in [-0.15, -0.1) is 0 Å². The van der Waals surface area contributed by atoms with Crippen molar-refractivity contribution in [2.45, 2.75) is 52.4 Å². The van der Waals surface area contributed by atoms with E-state index in [0.29, 0.717) is 24.9 Å². The lowest BCUT2D eigenvalue weighted by molar-refractivity contribution is 0.214. The van der Waals surface area contributed by atoms with Crippen molar-refractivity contribution in [2.24, 2.45) is 5.92 Å². The highest BCUT2D eigenvalue weighted by atomic mass is 19.1. The van der Waals surface area contributed by atoms with Crippen LogP contribution in [0.3, 0.4) is 0 Å². The van der Waals surface area contributed by atoms with Gasteiger partial charge in [0.25, 0.3) is 0 Å². The van der Waals surface area contributed by atoms with E-state index in [4.69, 9.17) is 9.84 Å². The summed E-state index contributed by atoms with van der Waals surface area (Å²) in [5.74, 6) is 1.45. The van der Waals surface area contributed by atoms with Gasteiger partial charge in [0.05, 0.1) is 6.61 Å². The first kappa shape index (κ1) is 23.1. The van der Waals surface area contributed by atoms with E-state index in [0.717, 1.165) is 36.1 Å². The van der Waals surface area contributed by atoms with Gasteiger partial charge in [0.15, 0.2) is 0 Å². The number of aliphatic hydroxyl groups excluding tert-OH is 1. The smallest absolute Gasteiger partial charge is 0.123 e. The minimum atomic E-state index is -0.188. The van der Waals surface area contributed by atoms with E-state index in [2.05, 4.69) is 13.8 Å². The third kappa shape index (κ3) is 6.64. The van der Waals surface area contributed by atoms with Crippen LogP contribution < -0.4 is 10.9 Å². The molecule has 2 rings (SSSR count). The Bertz CT molecular complexity index is 673. The topological polar surface area (TPSA) is 64.5 Å². The third-order valence-corrected chi connectivity index (χ3v) is 5.15. The van der Waals surface area contributed by atoms with E-state index in [9.17, 15) is 4.39 Å². The molecule has 0 aliphatic carbocycles.